The number of sulfonamides is 1. The Morgan fingerprint density at radius 1 is 1.10 bits per heavy atom. The third-order valence-electron chi connectivity index (χ3n) is 5.06. The fourth-order valence-electron chi connectivity index (χ4n) is 3.31. The SMILES string of the molecule is COC(CO)(c1ccc(N2CCN(S(=O)(=O)c3cccs3)CC2)cc1)C(F)(F)F. The van der Waals surface area contributed by atoms with Crippen molar-refractivity contribution in [3.8, 4) is 0 Å². The van der Waals surface area contributed by atoms with Crippen LogP contribution in [0.4, 0.5) is 18.9 Å². The van der Waals surface area contributed by atoms with Gasteiger partial charge in [0.1, 0.15) is 4.21 Å². The monoisotopic (exact) mass is 450 g/mol. The lowest BCUT2D eigenvalue weighted by atomic mass is 9.93. The Bertz CT molecular complexity index is 904. The number of ether oxygens (including phenoxy) is 1. The van der Waals surface area contributed by atoms with E-state index in [0.29, 0.717) is 23.0 Å². The average Bonchev–Trinajstić information content (AvgIpc) is 3.25. The average molecular weight is 451 g/mol. The number of thiophene rings is 1. The first-order valence-electron chi connectivity index (χ1n) is 8.77. The zero-order valence-electron chi connectivity index (χ0n) is 15.6. The number of nitrogens with zero attached hydrogens (tertiary/aromatic N) is 2. The van der Waals surface area contributed by atoms with E-state index >= 15 is 0 Å². The van der Waals surface area contributed by atoms with Crippen molar-refractivity contribution < 1.29 is 31.4 Å². The number of anilines is 1. The molecule has 2 aromatic rings. The molecule has 1 aliphatic rings. The summed E-state index contributed by atoms with van der Waals surface area (Å²) < 4.78 is 71.8. The van der Waals surface area contributed by atoms with Crippen molar-refractivity contribution in [2.45, 2.75) is 16.0 Å². The number of methoxy groups -OCH3 is 1. The molecule has 0 aliphatic carbocycles. The van der Waals surface area contributed by atoms with Gasteiger partial charge in [-0.15, -0.1) is 11.3 Å². The smallest absolute Gasteiger partial charge is 0.393 e. The van der Waals surface area contributed by atoms with Crippen LogP contribution >= 0.6 is 11.3 Å². The molecule has 160 valence electrons. The minimum absolute atomic E-state index is 0.197. The van der Waals surface area contributed by atoms with Gasteiger partial charge in [0, 0.05) is 39.0 Å². The molecule has 0 saturated carbocycles. The zero-order valence-corrected chi connectivity index (χ0v) is 17.2. The quantitative estimate of drug-likeness (QED) is 0.733. The van der Waals surface area contributed by atoms with E-state index < -0.39 is 28.4 Å². The molecule has 1 unspecified atom stereocenters. The lowest BCUT2D eigenvalue weighted by molar-refractivity contribution is -0.287. The summed E-state index contributed by atoms with van der Waals surface area (Å²) in [5.41, 5.74) is -2.30. The molecule has 1 saturated heterocycles. The molecule has 1 N–H and O–H groups in total. The van der Waals surface area contributed by atoms with Gasteiger partial charge in [-0.1, -0.05) is 18.2 Å². The fraction of sp³-hybridized carbons (Fsp3) is 0.444. The van der Waals surface area contributed by atoms with Crippen molar-refractivity contribution in [3.63, 3.8) is 0 Å². The molecule has 1 aromatic heterocycles. The molecule has 0 spiro atoms. The number of hydrogen-bond donors (Lipinski definition) is 1. The number of rotatable bonds is 6. The lowest BCUT2D eigenvalue weighted by Crippen LogP contribution is -2.48. The predicted octanol–water partition coefficient (Wildman–Crippen LogP) is 2.66. The van der Waals surface area contributed by atoms with E-state index in [-0.39, 0.29) is 18.7 Å². The first-order chi connectivity index (χ1) is 13.7. The summed E-state index contributed by atoms with van der Waals surface area (Å²) in [5.74, 6) is 0. The number of benzene rings is 1. The van der Waals surface area contributed by atoms with Gasteiger partial charge in [0.25, 0.3) is 10.0 Å². The highest BCUT2D eigenvalue weighted by Crippen LogP contribution is 2.42. The Kier molecular flexibility index (Phi) is 6.25. The number of alkyl halides is 3. The first kappa shape index (κ1) is 22.0. The van der Waals surface area contributed by atoms with Crippen LogP contribution in [-0.2, 0) is 20.4 Å². The molecule has 0 bridgehead atoms. The first-order valence-corrected chi connectivity index (χ1v) is 11.1. The summed E-state index contributed by atoms with van der Waals surface area (Å²) in [5, 5.41) is 11.1. The largest absolute Gasteiger partial charge is 0.423 e. The molecular weight excluding hydrogens is 429 g/mol. The van der Waals surface area contributed by atoms with Gasteiger partial charge in [-0.2, -0.15) is 17.5 Å². The van der Waals surface area contributed by atoms with Crippen molar-refractivity contribution in [1.82, 2.24) is 4.31 Å². The standard InChI is InChI=1S/C18H21F3N2O4S2/c1-27-17(13-24,18(19,20)21)14-4-6-15(7-5-14)22-8-10-23(11-9-22)29(25,26)16-3-2-12-28-16/h2-7,12,24H,8-11,13H2,1H3. The Hall–Kier alpha value is -1.66. The van der Waals surface area contributed by atoms with Crippen LogP contribution < -0.4 is 4.90 Å². The van der Waals surface area contributed by atoms with Crippen molar-refractivity contribution in [2.75, 3.05) is 44.8 Å². The Morgan fingerprint density at radius 3 is 2.17 bits per heavy atom. The molecule has 11 heteroatoms. The summed E-state index contributed by atoms with van der Waals surface area (Å²) in [6.45, 7) is 0.162. The summed E-state index contributed by atoms with van der Waals surface area (Å²) in [6, 6.07) is 8.84. The van der Waals surface area contributed by atoms with Crippen LogP contribution in [0.5, 0.6) is 0 Å². The van der Waals surface area contributed by atoms with Crippen LogP contribution in [0.2, 0.25) is 0 Å². The van der Waals surface area contributed by atoms with Crippen LogP contribution in [0.25, 0.3) is 0 Å². The van der Waals surface area contributed by atoms with E-state index in [9.17, 15) is 26.7 Å². The summed E-state index contributed by atoms with van der Waals surface area (Å²) in [4.78, 5) is 1.91. The number of aliphatic hydroxyl groups is 1. The summed E-state index contributed by atoms with van der Waals surface area (Å²) in [7, 11) is -2.61. The van der Waals surface area contributed by atoms with Gasteiger partial charge in [-0.3, -0.25) is 0 Å². The third-order valence-corrected chi connectivity index (χ3v) is 8.33. The maximum absolute atomic E-state index is 13.4. The molecule has 1 atom stereocenters. The highest BCUT2D eigenvalue weighted by molar-refractivity contribution is 7.91. The molecule has 6 nitrogen and oxygen atoms in total. The minimum atomic E-state index is -4.78. The normalized spacial score (nSPS) is 18.6. The van der Waals surface area contributed by atoms with E-state index in [1.807, 2.05) is 4.90 Å². The van der Waals surface area contributed by atoms with E-state index in [4.69, 9.17) is 0 Å². The number of hydrogen-bond acceptors (Lipinski definition) is 6. The zero-order chi connectivity index (χ0) is 21.3. The molecule has 1 aromatic carbocycles. The molecule has 0 radical (unpaired) electrons. The van der Waals surface area contributed by atoms with Crippen molar-refractivity contribution in [1.29, 1.82) is 0 Å². The highest BCUT2D eigenvalue weighted by Gasteiger charge is 2.56. The topological polar surface area (TPSA) is 70.1 Å². The van der Waals surface area contributed by atoms with Gasteiger partial charge >= 0.3 is 6.18 Å². The maximum Gasteiger partial charge on any atom is 0.423 e. The number of halogens is 3. The van der Waals surface area contributed by atoms with E-state index in [2.05, 4.69) is 4.74 Å². The van der Waals surface area contributed by atoms with Crippen LogP contribution in [0.3, 0.4) is 0 Å². The summed E-state index contributed by atoms with van der Waals surface area (Å²) in [6.07, 6.45) is -4.78. The molecule has 29 heavy (non-hydrogen) atoms. The van der Waals surface area contributed by atoms with Crippen LogP contribution in [0, 0.1) is 0 Å². The van der Waals surface area contributed by atoms with Gasteiger partial charge in [-0.25, -0.2) is 8.42 Å². The second-order valence-corrected chi connectivity index (χ2v) is 9.67. The third kappa shape index (κ3) is 4.02. The van der Waals surface area contributed by atoms with Gasteiger partial charge in [0.15, 0.2) is 0 Å². The van der Waals surface area contributed by atoms with Crippen molar-refractivity contribution in [3.05, 3.63) is 47.3 Å². The number of piperazine rings is 1. The molecule has 2 heterocycles. The molecule has 0 amide bonds. The minimum Gasteiger partial charge on any atom is -0.393 e. The van der Waals surface area contributed by atoms with Crippen molar-refractivity contribution in [2.24, 2.45) is 0 Å². The van der Waals surface area contributed by atoms with E-state index in [1.54, 1.807) is 17.5 Å². The van der Waals surface area contributed by atoms with E-state index in [1.165, 1.54) is 28.6 Å². The molecule has 1 fully saturated rings. The van der Waals surface area contributed by atoms with Gasteiger partial charge in [0.2, 0.25) is 5.60 Å². The van der Waals surface area contributed by atoms with E-state index in [0.717, 1.165) is 18.4 Å². The Labute approximate surface area is 171 Å². The van der Waals surface area contributed by atoms with Crippen LogP contribution in [-0.4, -0.2) is 63.9 Å². The Balaban J connectivity index is 1.72. The lowest BCUT2D eigenvalue weighted by Gasteiger charge is -2.36. The molecule has 1 aliphatic heterocycles. The maximum atomic E-state index is 13.4. The molecular formula is C18H21F3N2O4S2. The second kappa shape index (κ2) is 8.23. The predicted molar refractivity (Wildman–Crippen MR) is 104 cm³/mol. The Morgan fingerprint density at radius 2 is 1.72 bits per heavy atom. The molecule has 3 rings (SSSR count). The van der Waals surface area contributed by atoms with Crippen LogP contribution in [0.15, 0.2) is 46.0 Å². The fourth-order valence-corrected chi connectivity index (χ4v) is 5.88. The van der Waals surface area contributed by atoms with Crippen LogP contribution in [0.1, 0.15) is 5.56 Å². The highest BCUT2D eigenvalue weighted by atomic mass is 32.2. The second-order valence-electron chi connectivity index (χ2n) is 6.56. The van der Waals surface area contributed by atoms with Gasteiger partial charge in [-0.05, 0) is 29.1 Å². The summed E-state index contributed by atoms with van der Waals surface area (Å²) >= 11 is 1.16. The van der Waals surface area contributed by atoms with Gasteiger partial charge < -0.3 is 14.7 Å². The van der Waals surface area contributed by atoms with Gasteiger partial charge in [0.05, 0.1) is 6.61 Å². The van der Waals surface area contributed by atoms with Crippen molar-refractivity contribution >= 4 is 27.0 Å². The number of aliphatic hydroxyl groups excluding tert-OH is 1.